The Morgan fingerprint density at radius 1 is 1.31 bits per heavy atom. The van der Waals surface area contributed by atoms with Crippen LogP contribution in [-0.4, -0.2) is 41.7 Å². The highest BCUT2D eigenvalue weighted by atomic mass is 32.2. The Hall–Kier alpha value is -1.63. The highest BCUT2D eigenvalue weighted by Crippen LogP contribution is 2.22. The number of benzene rings is 1. The first-order valence-corrected chi connectivity index (χ1v) is 10.1. The molecule has 0 fully saturated rings. The minimum atomic E-state index is 0.00836. The smallest absolute Gasteiger partial charge is 0.256 e. The molecule has 1 aromatic carbocycles. The first kappa shape index (κ1) is 19.1. The molecule has 1 N–H and O–H groups in total. The Morgan fingerprint density at radius 3 is 2.92 bits per heavy atom. The first-order chi connectivity index (χ1) is 12.6. The number of ether oxygens (including phenoxy) is 1. The van der Waals surface area contributed by atoms with Crippen LogP contribution >= 0.6 is 11.8 Å². The lowest BCUT2D eigenvalue weighted by Crippen LogP contribution is -2.36. The van der Waals surface area contributed by atoms with Gasteiger partial charge in [0.2, 0.25) is 0 Å². The molecule has 1 aromatic heterocycles. The van der Waals surface area contributed by atoms with E-state index >= 15 is 0 Å². The number of rotatable bonds is 7. The Labute approximate surface area is 159 Å². The molecule has 0 unspecified atom stereocenters. The Balaban J connectivity index is 1.65. The lowest BCUT2D eigenvalue weighted by atomic mass is 10.1. The molecule has 26 heavy (non-hydrogen) atoms. The summed E-state index contributed by atoms with van der Waals surface area (Å²) in [5.74, 6) is 0.811. The van der Waals surface area contributed by atoms with Crippen LogP contribution in [0.25, 0.3) is 0 Å². The zero-order valence-corrected chi connectivity index (χ0v) is 16.6. The lowest BCUT2D eigenvalue weighted by molar-refractivity contribution is 0.166. The number of hydrogen-bond acceptors (Lipinski definition) is 5. The number of nitrogens with zero attached hydrogens (tertiary/aromatic N) is 2. The second-order valence-corrected chi connectivity index (χ2v) is 7.84. The van der Waals surface area contributed by atoms with Crippen LogP contribution in [0.4, 0.5) is 0 Å². The van der Waals surface area contributed by atoms with E-state index in [4.69, 9.17) is 9.72 Å². The van der Waals surface area contributed by atoms with Crippen LogP contribution in [-0.2, 0) is 23.5 Å². The number of aryl methyl sites for hydroxylation is 2. The molecule has 0 amide bonds. The van der Waals surface area contributed by atoms with Crippen LogP contribution in [0.2, 0.25) is 0 Å². The summed E-state index contributed by atoms with van der Waals surface area (Å²) in [6.45, 7) is 7.59. The molecule has 3 rings (SSSR count). The molecule has 6 heteroatoms. The van der Waals surface area contributed by atoms with E-state index in [9.17, 15) is 4.79 Å². The predicted octanol–water partition coefficient (Wildman–Crippen LogP) is 3.07. The molecule has 1 aliphatic heterocycles. The standard InChI is InChI=1S/C20H27N3O2S/c1-14-5-6-16(11-15(14)2)13-26-20-21-18-7-9-23(8-4-10-25-3)12-17(18)19(24)22-20/h5-6,11H,4,7-10,12-13H2,1-3H3,(H,21,22,24). The van der Waals surface area contributed by atoms with Crippen LogP contribution in [0.1, 0.15) is 34.4 Å². The van der Waals surface area contributed by atoms with E-state index in [1.165, 1.54) is 16.7 Å². The monoisotopic (exact) mass is 373 g/mol. The van der Waals surface area contributed by atoms with Gasteiger partial charge in [-0.2, -0.15) is 0 Å². The number of thioether (sulfide) groups is 1. The summed E-state index contributed by atoms with van der Waals surface area (Å²) >= 11 is 1.60. The largest absolute Gasteiger partial charge is 0.385 e. The zero-order chi connectivity index (χ0) is 18.5. The lowest BCUT2D eigenvalue weighted by Gasteiger charge is -2.27. The number of aromatic amines is 1. The topological polar surface area (TPSA) is 58.2 Å². The van der Waals surface area contributed by atoms with Gasteiger partial charge in [0.25, 0.3) is 5.56 Å². The van der Waals surface area contributed by atoms with E-state index < -0.39 is 0 Å². The third-order valence-electron chi connectivity index (χ3n) is 4.90. The van der Waals surface area contributed by atoms with Crippen molar-refractivity contribution in [1.29, 1.82) is 0 Å². The molecule has 2 aromatic rings. The summed E-state index contributed by atoms with van der Waals surface area (Å²) in [7, 11) is 1.72. The van der Waals surface area contributed by atoms with E-state index in [2.05, 4.69) is 41.9 Å². The number of methoxy groups -OCH3 is 1. The molecule has 0 saturated carbocycles. The van der Waals surface area contributed by atoms with Crippen molar-refractivity contribution in [2.45, 2.75) is 44.1 Å². The molecule has 0 atom stereocenters. The maximum atomic E-state index is 12.5. The van der Waals surface area contributed by atoms with Gasteiger partial charge in [-0.15, -0.1) is 0 Å². The summed E-state index contributed by atoms with van der Waals surface area (Å²) in [6, 6.07) is 6.49. The molecular weight excluding hydrogens is 346 g/mol. The van der Waals surface area contributed by atoms with Gasteiger partial charge in [-0.1, -0.05) is 30.0 Å². The van der Waals surface area contributed by atoms with Gasteiger partial charge in [0.15, 0.2) is 5.16 Å². The highest BCUT2D eigenvalue weighted by molar-refractivity contribution is 7.98. The summed E-state index contributed by atoms with van der Waals surface area (Å²) in [6.07, 6.45) is 1.82. The summed E-state index contributed by atoms with van der Waals surface area (Å²) in [5, 5.41) is 0.722. The molecule has 0 spiro atoms. The average Bonchev–Trinajstić information content (AvgIpc) is 2.63. The minimum absolute atomic E-state index is 0.00836. The maximum absolute atomic E-state index is 12.5. The molecule has 1 aliphatic rings. The van der Waals surface area contributed by atoms with Crippen molar-refractivity contribution in [3.63, 3.8) is 0 Å². The molecule has 140 valence electrons. The molecule has 0 bridgehead atoms. The number of fused-ring (bicyclic) bond motifs is 1. The van der Waals surface area contributed by atoms with Crippen molar-refractivity contribution in [3.8, 4) is 0 Å². The third-order valence-corrected chi connectivity index (χ3v) is 5.84. The van der Waals surface area contributed by atoms with E-state index in [1.54, 1.807) is 18.9 Å². The fourth-order valence-corrected chi connectivity index (χ4v) is 4.02. The molecule has 0 radical (unpaired) electrons. The zero-order valence-electron chi connectivity index (χ0n) is 15.8. The predicted molar refractivity (Wildman–Crippen MR) is 106 cm³/mol. The van der Waals surface area contributed by atoms with E-state index in [-0.39, 0.29) is 5.56 Å². The molecule has 5 nitrogen and oxygen atoms in total. The van der Waals surface area contributed by atoms with Crippen molar-refractivity contribution in [3.05, 3.63) is 56.5 Å². The fourth-order valence-electron chi connectivity index (χ4n) is 3.19. The first-order valence-electron chi connectivity index (χ1n) is 9.09. The molecule has 0 saturated heterocycles. The van der Waals surface area contributed by atoms with Gasteiger partial charge < -0.3 is 9.72 Å². The van der Waals surface area contributed by atoms with E-state index in [0.29, 0.717) is 6.54 Å². The normalized spacial score (nSPS) is 14.4. The van der Waals surface area contributed by atoms with Crippen molar-refractivity contribution in [1.82, 2.24) is 14.9 Å². The second-order valence-electron chi connectivity index (χ2n) is 6.88. The van der Waals surface area contributed by atoms with Crippen LogP contribution < -0.4 is 5.56 Å². The van der Waals surface area contributed by atoms with Crippen molar-refractivity contribution >= 4 is 11.8 Å². The number of hydrogen-bond donors (Lipinski definition) is 1. The van der Waals surface area contributed by atoms with E-state index in [1.807, 2.05) is 0 Å². The second kappa shape index (κ2) is 8.84. The Morgan fingerprint density at radius 2 is 2.15 bits per heavy atom. The summed E-state index contributed by atoms with van der Waals surface area (Å²) in [4.78, 5) is 22.5. The molecule has 2 heterocycles. The molecular formula is C20H27N3O2S. The highest BCUT2D eigenvalue weighted by Gasteiger charge is 2.20. The SMILES string of the molecule is COCCCN1CCc2nc(SCc3ccc(C)c(C)c3)[nH]c(=O)c2C1. The van der Waals surface area contributed by atoms with Gasteiger partial charge in [-0.3, -0.25) is 9.69 Å². The third kappa shape index (κ3) is 4.75. The van der Waals surface area contributed by atoms with Crippen LogP contribution in [0.3, 0.4) is 0 Å². The minimum Gasteiger partial charge on any atom is -0.385 e. The van der Waals surface area contributed by atoms with Gasteiger partial charge in [0.1, 0.15) is 0 Å². The van der Waals surface area contributed by atoms with Crippen molar-refractivity contribution in [2.75, 3.05) is 26.8 Å². The summed E-state index contributed by atoms with van der Waals surface area (Å²) in [5.41, 5.74) is 5.64. The summed E-state index contributed by atoms with van der Waals surface area (Å²) < 4.78 is 5.11. The Bertz CT molecular complexity index is 819. The number of aromatic nitrogens is 2. The van der Waals surface area contributed by atoms with Crippen molar-refractivity contribution in [2.24, 2.45) is 0 Å². The fraction of sp³-hybridized carbons (Fsp3) is 0.500. The van der Waals surface area contributed by atoms with Gasteiger partial charge in [-0.05, 0) is 37.0 Å². The molecule has 0 aliphatic carbocycles. The average molecular weight is 374 g/mol. The van der Waals surface area contributed by atoms with Crippen LogP contribution in [0.5, 0.6) is 0 Å². The van der Waals surface area contributed by atoms with Gasteiger partial charge in [0.05, 0.1) is 11.3 Å². The van der Waals surface area contributed by atoms with Gasteiger partial charge >= 0.3 is 0 Å². The van der Waals surface area contributed by atoms with Crippen LogP contribution in [0.15, 0.2) is 28.2 Å². The number of H-pyrrole nitrogens is 1. The van der Waals surface area contributed by atoms with Crippen LogP contribution in [0, 0.1) is 13.8 Å². The van der Waals surface area contributed by atoms with E-state index in [0.717, 1.165) is 54.7 Å². The van der Waals surface area contributed by atoms with Gasteiger partial charge in [-0.25, -0.2) is 4.98 Å². The maximum Gasteiger partial charge on any atom is 0.256 e. The quantitative estimate of drug-likeness (QED) is 0.459. The Kier molecular flexibility index (Phi) is 6.51. The van der Waals surface area contributed by atoms with Crippen molar-refractivity contribution < 1.29 is 4.74 Å². The number of nitrogens with one attached hydrogen (secondary N) is 1. The van der Waals surface area contributed by atoms with Gasteiger partial charge in [0, 0.05) is 45.5 Å².